The molecular weight excluding hydrogens is 434 g/mol. The van der Waals surface area contributed by atoms with Crippen LogP contribution in [0.4, 0.5) is 5.69 Å². The molecule has 7 nitrogen and oxygen atoms in total. The van der Waals surface area contributed by atoms with E-state index in [4.69, 9.17) is 0 Å². The molecule has 31 heavy (non-hydrogen) atoms. The predicted octanol–water partition coefficient (Wildman–Crippen LogP) is 2.99. The molecule has 2 aliphatic heterocycles. The van der Waals surface area contributed by atoms with Crippen LogP contribution in [0.3, 0.4) is 0 Å². The average Bonchev–Trinajstić information content (AvgIpc) is 2.77. The lowest BCUT2D eigenvalue weighted by molar-refractivity contribution is -0.123. The third-order valence-electron chi connectivity index (χ3n) is 6.59. The lowest BCUT2D eigenvalue weighted by atomic mass is 9.86. The average molecular weight is 466 g/mol. The minimum atomic E-state index is -3.61. The van der Waals surface area contributed by atoms with Gasteiger partial charge >= 0.3 is 0 Å². The van der Waals surface area contributed by atoms with Crippen molar-refractivity contribution in [3.63, 3.8) is 0 Å². The number of anilines is 1. The van der Waals surface area contributed by atoms with E-state index in [1.165, 1.54) is 27.4 Å². The minimum Gasteiger partial charge on any atom is -0.352 e. The lowest BCUT2D eigenvalue weighted by Crippen LogP contribution is -2.48. The fourth-order valence-corrected chi connectivity index (χ4v) is 7.15. The number of hydrogen-bond acceptors (Lipinski definition) is 5. The first kappa shape index (κ1) is 22.6. The number of carbonyl (C=O) groups excluding carboxylic acids is 2. The number of piperidine rings is 1. The van der Waals surface area contributed by atoms with E-state index in [1.807, 2.05) is 0 Å². The van der Waals surface area contributed by atoms with E-state index < -0.39 is 10.0 Å². The van der Waals surface area contributed by atoms with E-state index in [9.17, 15) is 18.0 Å². The van der Waals surface area contributed by atoms with Crippen molar-refractivity contribution in [3.8, 4) is 0 Å². The molecule has 0 spiro atoms. The molecule has 0 unspecified atom stereocenters. The first-order valence-electron chi connectivity index (χ1n) is 11.2. The normalized spacial score (nSPS) is 25.2. The molecule has 1 aromatic carbocycles. The van der Waals surface area contributed by atoms with E-state index in [0.717, 1.165) is 43.4 Å². The van der Waals surface area contributed by atoms with Crippen LogP contribution in [-0.4, -0.2) is 56.0 Å². The predicted molar refractivity (Wildman–Crippen MR) is 122 cm³/mol. The highest BCUT2D eigenvalue weighted by Gasteiger charge is 2.32. The van der Waals surface area contributed by atoms with Gasteiger partial charge in [-0.15, -0.1) is 11.8 Å². The third kappa shape index (κ3) is 4.93. The number of rotatable bonds is 5. The van der Waals surface area contributed by atoms with Gasteiger partial charge < -0.3 is 10.2 Å². The summed E-state index contributed by atoms with van der Waals surface area (Å²) in [6, 6.07) is 5.09. The molecule has 2 fully saturated rings. The van der Waals surface area contributed by atoms with Gasteiger partial charge in [-0.25, -0.2) is 8.42 Å². The number of fused-ring (bicyclic) bond motifs is 1. The number of nitrogens with zero attached hydrogens (tertiary/aromatic N) is 2. The summed E-state index contributed by atoms with van der Waals surface area (Å²) in [6.07, 6.45) is 7.14. The maximum atomic E-state index is 13.1. The van der Waals surface area contributed by atoms with E-state index >= 15 is 0 Å². The number of thioether (sulfide) groups is 1. The summed E-state index contributed by atoms with van der Waals surface area (Å²) in [5.41, 5.74) is 0.520. The smallest absolute Gasteiger partial charge is 0.243 e. The second-order valence-electron chi connectivity index (χ2n) is 8.80. The summed E-state index contributed by atoms with van der Waals surface area (Å²) in [4.78, 5) is 27.9. The zero-order valence-corrected chi connectivity index (χ0v) is 19.6. The first-order chi connectivity index (χ1) is 14.9. The van der Waals surface area contributed by atoms with E-state index in [0.29, 0.717) is 24.7 Å². The molecule has 0 radical (unpaired) electrons. The van der Waals surface area contributed by atoms with Gasteiger partial charge in [0.15, 0.2) is 0 Å². The Balaban J connectivity index is 1.54. The summed E-state index contributed by atoms with van der Waals surface area (Å²) in [5, 5.41) is 3.10. The van der Waals surface area contributed by atoms with Gasteiger partial charge in [0.25, 0.3) is 0 Å². The Bertz CT molecular complexity index is 944. The summed E-state index contributed by atoms with van der Waals surface area (Å²) < 4.78 is 27.8. The van der Waals surface area contributed by atoms with Crippen LogP contribution in [-0.2, 0) is 19.6 Å². The van der Waals surface area contributed by atoms with Gasteiger partial charge in [-0.2, -0.15) is 4.31 Å². The fraction of sp³-hybridized carbons (Fsp3) is 0.636. The van der Waals surface area contributed by atoms with Crippen LogP contribution in [0.1, 0.15) is 51.9 Å². The van der Waals surface area contributed by atoms with Crippen LogP contribution in [0.25, 0.3) is 0 Å². The zero-order chi connectivity index (χ0) is 22.0. The molecule has 4 rings (SSSR count). The van der Waals surface area contributed by atoms with Crippen LogP contribution in [0, 0.1) is 5.92 Å². The van der Waals surface area contributed by atoms with Gasteiger partial charge in [0.2, 0.25) is 21.8 Å². The number of hydrogen-bond donors (Lipinski definition) is 1. The molecule has 1 saturated carbocycles. The number of sulfonamides is 1. The van der Waals surface area contributed by atoms with Gasteiger partial charge in [0.05, 0.1) is 16.3 Å². The molecule has 170 valence electrons. The number of carbonyl (C=O) groups is 2. The highest BCUT2D eigenvalue weighted by molar-refractivity contribution is 8.00. The molecule has 0 aromatic heterocycles. The van der Waals surface area contributed by atoms with E-state index in [-0.39, 0.29) is 35.0 Å². The molecule has 9 heteroatoms. The largest absolute Gasteiger partial charge is 0.352 e. The Hall–Kier alpha value is -1.58. The molecule has 1 aromatic rings. The fourth-order valence-electron chi connectivity index (χ4n) is 4.70. The maximum Gasteiger partial charge on any atom is 0.243 e. The van der Waals surface area contributed by atoms with Crippen molar-refractivity contribution in [2.45, 2.75) is 67.7 Å². The molecule has 1 saturated heterocycles. The summed E-state index contributed by atoms with van der Waals surface area (Å²) >= 11 is 1.39. The van der Waals surface area contributed by atoms with Crippen LogP contribution >= 0.6 is 11.8 Å². The van der Waals surface area contributed by atoms with Crippen LogP contribution in [0.5, 0.6) is 0 Å². The Morgan fingerprint density at radius 1 is 1.13 bits per heavy atom. The number of amides is 2. The SMILES string of the molecule is C[C@H]1CCCC[C@H]1NC(=O)CN1C(=O)CSc2ccc(S(=O)(=O)N3CCCCC3)cc21. The summed E-state index contributed by atoms with van der Waals surface area (Å²) in [5.74, 6) is 0.322. The number of nitrogens with one attached hydrogen (secondary N) is 1. The molecule has 0 bridgehead atoms. The zero-order valence-electron chi connectivity index (χ0n) is 18.0. The Morgan fingerprint density at radius 2 is 1.87 bits per heavy atom. The van der Waals surface area contributed by atoms with Gasteiger partial charge in [0.1, 0.15) is 6.54 Å². The van der Waals surface area contributed by atoms with Crippen molar-refractivity contribution >= 4 is 39.3 Å². The van der Waals surface area contributed by atoms with Crippen molar-refractivity contribution in [3.05, 3.63) is 18.2 Å². The van der Waals surface area contributed by atoms with Crippen molar-refractivity contribution in [2.24, 2.45) is 5.92 Å². The second-order valence-corrected chi connectivity index (χ2v) is 11.8. The van der Waals surface area contributed by atoms with Gasteiger partial charge in [0, 0.05) is 24.0 Å². The Morgan fingerprint density at radius 3 is 2.61 bits per heavy atom. The third-order valence-corrected chi connectivity index (χ3v) is 9.53. The summed E-state index contributed by atoms with van der Waals surface area (Å²) in [7, 11) is -3.61. The van der Waals surface area contributed by atoms with Crippen molar-refractivity contribution in [1.82, 2.24) is 9.62 Å². The molecular formula is C22H31N3O4S2. The van der Waals surface area contributed by atoms with Crippen LogP contribution < -0.4 is 10.2 Å². The van der Waals surface area contributed by atoms with Gasteiger partial charge in [-0.1, -0.05) is 26.2 Å². The van der Waals surface area contributed by atoms with Gasteiger partial charge in [-0.3, -0.25) is 9.59 Å². The highest BCUT2D eigenvalue weighted by Crippen LogP contribution is 2.37. The molecule has 3 aliphatic rings. The van der Waals surface area contributed by atoms with E-state index in [1.54, 1.807) is 18.2 Å². The Kier molecular flexibility index (Phi) is 6.93. The molecule has 2 heterocycles. The molecule has 2 amide bonds. The van der Waals surface area contributed by atoms with Crippen LogP contribution in [0.2, 0.25) is 0 Å². The lowest BCUT2D eigenvalue weighted by Gasteiger charge is -2.32. The topological polar surface area (TPSA) is 86.8 Å². The van der Waals surface area contributed by atoms with Gasteiger partial charge in [-0.05, 0) is 49.8 Å². The van der Waals surface area contributed by atoms with Crippen molar-refractivity contribution in [1.29, 1.82) is 0 Å². The highest BCUT2D eigenvalue weighted by atomic mass is 32.2. The first-order valence-corrected chi connectivity index (χ1v) is 13.7. The standard InChI is InChI=1S/C22H31N3O4S2/c1-16-7-3-4-8-18(16)23-21(26)14-25-19-13-17(9-10-20(19)30-15-22(25)27)31(28,29)24-11-5-2-6-12-24/h9-10,13,16,18H,2-8,11-12,14-15H2,1H3,(H,23,26)/t16-,18+/m0/s1. The Labute approximate surface area is 189 Å². The van der Waals surface area contributed by atoms with Crippen molar-refractivity contribution < 1.29 is 18.0 Å². The molecule has 2 atom stereocenters. The maximum absolute atomic E-state index is 13.1. The monoisotopic (exact) mass is 465 g/mol. The van der Waals surface area contributed by atoms with E-state index in [2.05, 4.69) is 12.2 Å². The molecule has 1 N–H and O–H groups in total. The quantitative estimate of drug-likeness (QED) is 0.722. The summed E-state index contributed by atoms with van der Waals surface area (Å²) in [6.45, 7) is 3.13. The molecule has 1 aliphatic carbocycles. The second kappa shape index (κ2) is 9.50. The van der Waals surface area contributed by atoms with Crippen molar-refractivity contribution in [2.75, 3.05) is 30.3 Å². The number of benzene rings is 1. The van der Waals surface area contributed by atoms with Crippen LogP contribution in [0.15, 0.2) is 28.0 Å². The minimum absolute atomic E-state index is 0.0805.